The molecule has 2 rings (SSSR count). The van der Waals surface area contributed by atoms with Crippen LogP contribution in [0.5, 0.6) is 5.75 Å². The highest BCUT2D eigenvalue weighted by molar-refractivity contribution is 7.90. The fourth-order valence-corrected chi connectivity index (χ4v) is 3.34. The zero-order valence-electron chi connectivity index (χ0n) is 16.3. The molecule has 0 bridgehead atoms. The zero-order chi connectivity index (χ0) is 20.9. The summed E-state index contributed by atoms with van der Waals surface area (Å²) < 4.78 is 28.3. The van der Waals surface area contributed by atoms with Crippen molar-refractivity contribution in [1.29, 1.82) is 0 Å². The molecule has 0 radical (unpaired) electrons. The minimum absolute atomic E-state index is 0.0518. The van der Waals surface area contributed by atoms with Gasteiger partial charge in [-0.3, -0.25) is 9.59 Å². The molecule has 7 nitrogen and oxygen atoms in total. The molecule has 0 aliphatic carbocycles. The van der Waals surface area contributed by atoms with Crippen molar-refractivity contribution in [3.05, 3.63) is 54.1 Å². The number of benzene rings is 2. The Kier molecular flexibility index (Phi) is 6.80. The number of methoxy groups -OCH3 is 1. The van der Waals surface area contributed by atoms with Gasteiger partial charge < -0.3 is 15.0 Å². The van der Waals surface area contributed by atoms with Gasteiger partial charge >= 0.3 is 0 Å². The molecule has 1 unspecified atom stereocenters. The van der Waals surface area contributed by atoms with Crippen molar-refractivity contribution in [2.75, 3.05) is 25.3 Å². The molecule has 0 aromatic heterocycles. The van der Waals surface area contributed by atoms with Crippen LogP contribution in [-0.4, -0.2) is 40.6 Å². The van der Waals surface area contributed by atoms with E-state index in [4.69, 9.17) is 4.74 Å². The second-order valence-electron chi connectivity index (χ2n) is 6.45. The van der Waals surface area contributed by atoms with Crippen LogP contribution in [0.4, 0.5) is 5.69 Å². The molecule has 28 heavy (non-hydrogen) atoms. The summed E-state index contributed by atoms with van der Waals surface area (Å²) in [6.07, 6.45) is 1.18. The third kappa shape index (κ3) is 5.56. The van der Waals surface area contributed by atoms with Crippen LogP contribution >= 0.6 is 0 Å². The summed E-state index contributed by atoms with van der Waals surface area (Å²) in [7, 11) is -0.130. The lowest BCUT2D eigenvalue weighted by Gasteiger charge is -2.23. The molecule has 0 saturated heterocycles. The first kappa shape index (κ1) is 21.4. The standard InChI is InChI=1S/C20H24N2O5S/c1-14(23)21-19(15-5-9-17(27-3)10-6-15)13-20(24)22(2)16-7-11-18(12-8-16)28(4,25)26/h5-12,19H,13H2,1-4H3,(H,21,23). The number of nitrogens with one attached hydrogen (secondary N) is 1. The van der Waals surface area contributed by atoms with E-state index >= 15 is 0 Å². The summed E-state index contributed by atoms with van der Waals surface area (Å²) >= 11 is 0. The summed E-state index contributed by atoms with van der Waals surface area (Å²) in [4.78, 5) is 26.0. The largest absolute Gasteiger partial charge is 0.497 e. The first-order valence-electron chi connectivity index (χ1n) is 8.59. The highest BCUT2D eigenvalue weighted by Gasteiger charge is 2.21. The van der Waals surface area contributed by atoms with Gasteiger partial charge in [0.05, 0.1) is 24.5 Å². The van der Waals surface area contributed by atoms with Crippen molar-refractivity contribution in [3.8, 4) is 5.75 Å². The van der Waals surface area contributed by atoms with Gasteiger partial charge in [-0.25, -0.2) is 8.42 Å². The van der Waals surface area contributed by atoms with E-state index in [0.717, 1.165) is 11.8 Å². The van der Waals surface area contributed by atoms with Crippen LogP contribution < -0.4 is 15.0 Å². The summed E-state index contributed by atoms with van der Waals surface area (Å²) in [5, 5.41) is 2.79. The number of ether oxygens (including phenoxy) is 1. The van der Waals surface area contributed by atoms with Crippen LogP contribution in [0.1, 0.15) is 24.9 Å². The van der Waals surface area contributed by atoms with Crippen LogP contribution in [0.15, 0.2) is 53.4 Å². The molecule has 1 atom stereocenters. The normalized spacial score (nSPS) is 12.1. The van der Waals surface area contributed by atoms with Gasteiger partial charge in [0, 0.05) is 25.9 Å². The topological polar surface area (TPSA) is 92.8 Å². The monoisotopic (exact) mass is 404 g/mol. The molecule has 150 valence electrons. The lowest BCUT2D eigenvalue weighted by Crippen LogP contribution is -2.33. The highest BCUT2D eigenvalue weighted by Crippen LogP contribution is 2.23. The Hall–Kier alpha value is -2.87. The Morgan fingerprint density at radius 2 is 1.64 bits per heavy atom. The molecular weight excluding hydrogens is 380 g/mol. The molecule has 0 spiro atoms. The number of carbonyl (C=O) groups excluding carboxylic acids is 2. The number of hydrogen-bond acceptors (Lipinski definition) is 5. The quantitative estimate of drug-likeness (QED) is 0.765. The van der Waals surface area contributed by atoms with Crippen molar-refractivity contribution >= 4 is 27.3 Å². The fraction of sp³-hybridized carbons (Fsp3) is 0.300. The van der Waals surface area contributed by atoms with E-state index in [1.165, 1.54) is 24.0 Å². The Morgan fingerprint density at radius 1 is 1.07 bits per heavy atom. The molecule has 2 amide bonds. The molecule has 2 aromatic carbocycles. The van der Waals surface area contributed by atoms with Crippen molar-refractivity contribution in [2.24, 2.45) is 0 Å². The average Bonchev–Trinajstić information content (AvgIpc) is 2.66. The van der Waals surface area contributed by atoms with Crippen molar-refractivity contribution in [1.82, 2.24) is 5.32 Å². The lowest BCUT2D eigenvalue weighted by atomic mass is 10.0. The van der Waals surface area contributed by atoms with Crippen LogP contribution in [0.25, 0.3) is 0 Å². The summed E-state index contributed by atoms with van der Waals surface area (Å²) in [6.45, 7) is 1.40. The number of amides is 2. The number of rotatable bonds is 7. The smallest absolute Gasteiger partial charge is 0.229 e. The second-order valence-corrected chi connectivity index (χ2v) is 8.46. The van der Waals surface area contributed by atoms with Crippen LogP contribution in [-0.2, 0) is 19.4 Å². The maximum atomic E-state index is 12.7. The Bertz CT molecular complexity index is 938. The molecule has 8 heteroatoms. The first-order chi connectivity index (χ1) is 13.1. The number of anilines is 1. The minimum Gasteiger partial charge on any atom is -0.497 e. The third-order valence-electron chi connectivity index (χ3n) is 4.30. The molecule has 0 aliphatic heterocycles. The van der Waals surface area contributed by atoms with E-state index < -0.39 is 15.9 Å². The van der Waals surface area contributed by atoms with Gasteiger partial charge in [-0.1, -0.05) is 12.1 Å². The molecule has 0 aliphatic rings. The zero-order valence-corrected chi connectivity index (χ0v) is 17.1. The number of nitrogens with zero attached hydrogens (tertiary/aromatic N) is 1. The predicted molar refractivity (Wildman–Crippen MR) is 107 cm³/mol. The van der Waals surface area contributed by atoms with Gasteiger partial charge in [-0.2, -0.15) is 0 Å². The van der Waals surface area contributed by atoms with Crippen molar-refractivity contribution < 1.29 is 22.7 Å². The van der Waals surface area contributed by atoms with E-state index in [-0.39, 0.29) is 23.1 Å². The summed E-state index contributed by atoms with van der Waals surface area (Å²) in [5.74, 6) is 0.218. The summed E-state index contributed by atoms with van der Waals surface area (Å²) in [5.41, 5.74) is 1.35. The van der Waals surface area contributed by atoms with Crippen LogP contribution in [0.2, 0.25) is 0 Å². The van der Waals surface area contributed by atoms with E-state index in [9.17, 15) is 18.0 Å². The van der Waals surface area contributed by atoms with Gasteiger partial charge in [0.15, 0.2) is 9.84 Å². The average molecular weight is 404 g/mol. The van der Waals surface area contributed by atoms with Crippen LogP contribution in [0, 0.1) is 0 Å². The van der Waals surface area contributed by atoms with Crippen molar-refractivity contribution in [2.45, 2.75) is 24.3 Å². The molecular formula is C20H24N2O5S. The third-order valence-corrected chi connectivity index (χ3v) is 5.43. The molecule has 0 fully saturated rings. The Morgan fingerprint density at radius 3 is 2.11 bits per heavy atom. The summed E-state index contributed by atoms with van der Waals surface area (Å²) in [6, 6.07) is 12.7. The second kappa shape index (κ2) is 8.88. The molecule has 0 saturated carbocycles. The predicted octanol–water partition coefficient (Wildman–Crippen LogP) is 2.33. The maximum absolute atomic E-state index is 12.7. The maximum Gasteiger partial charge on any atom is 0.229 e. The van der Waals surface area contributed by atoms with Gasteiger partial charge in [0.25, 0.3) is 0 Å². The number of hydrogen-bond donors (Lipinski definition) is 1. The number of sulfone groups is 1. The van der Waals surface area contributed by atoms with E-state index in [1.807, 2.05) is 0 Å². The molecule has 0 heterocycles. The van der Waals surface area contributed by atoms with Gasteiger partial charge in [-0.05, 0) is 42.0 Å². The SMILES string of the molecule is COc1ccc(C(CC(=O)N(C)c2ccc(S(C)(=O)=O)cc2)NC(C)=O)cc1. The fourth-order valence-electron chi connectivity index (χ4n) is 2.71. The van der Waals surface area contributed by atoms with Crippen LogP contribution in [0.3, 0.4) is 0 Å². The van der Waals surface area contributed by atoms with Gasteiger partial charge in [-0.15, -0.1) is 0 Å². The first-order valence-corrected chi connectivity index (χ1v) is 10.5. The van der Waals surface area contributed by atoms with E-state index in [2.05, 4.69) is 5.32 Å². The van der Waals surface area contributed by atoms with Gasteiger partial charge in [0.1, 0.15) is 5.75 Å². The number of carbonyl (C=O) groups is 2. The minimum atomic E-state index is -3.30. The Labute approximate surface area is 165 Å². The molecule has 2 aromatic rings. The van der Waals surface area contributed by atoms with Crippen molar-refractivity contribution in [3.63, 3.8) is 0 Å². The molecule has 1 N–H and O–H groups in total. The highest BCUT2D eigenvalue weighted by atomic mass is 32.2. The van der Waals surface area contributed by atoms with Gasteiger partial charge in [0.2, 0.25) is 11.8 Å². The van der Waals surface area contributed by atoms with E-state index in [1.54, 1.807) is 50.6 Å². The lowest BCUT2D eigenvalue weighted by molar-refractivity contribution is -0.121. The van der Waals surface area contributed by atoms with E-state index in [0.29, 0.717) is 11.4 Å². The Balaban J connectivity index is 2.18.